The quantitative estimate of drug-likeness (QED) is 0.614. The minimum atomic E-state index is -0.101. The van der Waals surface area contributed by atoms with Gasteiger partial charge in [0.1, 0.15) is 5.52 Å². The van der Waals surface area contributed by atoms with Gasteiger partial charge in [0.05, 0.1) is 5.39 Å². The number of fused-ring (bicyclic) bond motifs is 1. The molecule has 1 N–H and O–H groups in total. The van der Waals surface area contributed by atoms with Gasteiger partial charge in [-0.1, -0.05) is 49.3 Å². The first-order valence-electron chi connectivity index (χ1n) is 8.96. The lowest BCUT2D eigenvalue weighted by Crippen LogP contribution is -2.25. The maximum absolute atomic E-state index is 12.4. The largest absolute Gasteiger partial charge is 0.381 e. The van der Waals surface area contributed by atoms with E-state index < -0.39 is 0 Å². The zero-order valence-electron chi connectivity index (χ0n) is 15.2. The lowest BCUT2D eigenvalue weighted by molar-refractivity contribution is 0.0925. The van der Waals surface area contributed by atoms with E-state index in [0.29, 0.717) is 30.4 Å². The molecule has 5 nitrogen and oxygen atoms in total. The monoisotopic (exact) mass is 352 g/mol. The number of carbonyl (C=O) groups excluding carboxylic acids is 1. The Hall–Kier alpha value is -2.66. The number of hydrogen-bond acceptors (Lipinski definition) is 4. The topological polar surface area (TPSA) is 64.4 Å². The number of carbonyl (C=O) groups is 1. The van der Waals surface area contributed by atoms with E-state index in [1.807, 2.05) is 42.5 Å². The van der Waals surface area contributed by atoms with Crippen LogP contribution in [0.5, 0.6) is 0 Å². The summed E-state index contributed by atoms with van der Waals surface area (Å²) in [7, 11) is 0. The first-order chi connectivity index (χ1) is 12.6. The number of nitrogens with one attached hydrogen (secondary N) is 1. The Balaban J connectivity index is 1.64. The molecule has 5 heteroatoms. The fraction of sp³-hybridized carbons (Fsp3) is 0.333. The summed E-state index contributed by atoms with van der Waals surface area (Å²) in [6.07, 6.45) is 0.795. The lowest BCUT2D eigenvalue weighted by atomic mass is 10.1. The maximum atomic E-state index is 12.4. The number of rotatable bonds is 8. The highest BCUT2D eigenvalue weighted by Gasteiger charge is 2.13. The standard InChI is InChI=1S/C21H24N2O3/c1-15(2)14-25-12-6-11-22-21(24)17-9-10-19-18(13-17)20(26-23-19)16-7-4-3-5-8-16/h3-5,7-10,13,15H,6,11-12,14H2,1-2H3,(H,22,24). The molecule has 0 fully saturated rings. The number of ether oxygens (including phenoxy) is 1. The number of amides is 1. The van der Waals surface area contributed by atoms with E-state index in [9.17, 15) is 4.79 Å². The average molecular weight is 352 g/mol. The van der Waals surface area contributed by atoms with Crippen LogP contribution in [0, 0.1) is 5.92 Å². The molecule has 0 saturated carbocycles. The van der Waals surface area contributed by atoms with E-state index in [4.69, 9.17) is 9.26 Å². The molecule has 1 amide bonds. The number of nitrogens with zero attached hydrogens (tertiary/aromatic N) is 1. The Kier molecular flexibility index (Phi) is 6.02. The van der Waals surface area contributed by atoms with Crippen LogP contribution in [0.3, 0.4) is 0 Å². The molecule has 0 radical (unpaired) electrons. The smallest absolute Gasteiger partial charge is 0.251 e. The lowest BCUT2D eigenvalue weighted by Gasteiger charge is -2.08. The van der Waals surface area contributed by atoms with Gasteiger partial charge in [-0.05, 0) is 30.5 Å². The summed E-state index contributed by atoms with van der Waals surface area (Å²) in [5.74, 6) is 1.10. The van der Waals surface area contributed by atoms with Crippen LogP contribution < -0.4 is 5.32 Å². The predicted octanol–water partition coefficient (Wildman–Crippen LogP) is 4.29. The SMILES string of the molecule is CC(C)COCCCNC(=O)c1ccc2noc(-c3ccccc3)c2c1. The van der Waals surface area contributed by atoms with E-state index in [1.54, 1.807) is 6.07 Å². The van der Waals surface area contributed by atoms with E-state index in [0.717, 1.165) is 29.5 Å². The Morgan fingerprint density at radius 1 is 1.19 bits per heavy atom. The molecule has 0 unspecified atom stereocenters. The molecular formula is C21H24N2O3. The summed E-state index contributed by atoms with van der Waals surface area (Å²) in [4.78, 5) is 12.4. The molecule has 0 atom stereocenters. The first kappa shape index (κ1) is 18.1. The first-order valence-corrected chi connectivity index (χ1v) is 8.96. The van der Waals surface area contributed by atoms with Gasteiger partial charge in [0, 0.05) is 30.9 Å². The normalized spacial score (nSPS) is 11.2. The maximum Gasteiger partial charge on any atom is 0.251 e. The Morgan fingerprint density at radius 2 is 2.00 bits per heavy atom. The van der Waals surface area contributed by atoms with Crippen LogP contribution in [0.15, 0.2) is 53.1 Å². The van der Waals surface area contributed by atoms with Crippen molar-refractivity contribution >= 4 is 16.8 Å². The molecule has 26 heavy (non-hydrogen) atoms. The second-order valence-corrected chi connectivity index (χ2v) is 6.69. The fourth-order valence-corrected chi connectivity index (χ4v) is 2.68. The number of benzene rings is 2. The van der Waals surface area contributed by atoms with Crippen molar-refractivity contribution in [2.75, 3.05) is 19.8 Å². The van der Waals surface area contributed by atoms with Gasteiger partial charge in [-0.25, -0.2) is 0 Å². The zero-order chi connectivity index (χ0) is 18.4. The Morgan fingerprint density at radius 3 is 2.77 bits per heavy atom. The molecule has 1 aromatic heterocycles. The van der Waals surface area contributed by atoms with Crippen LogP contribution in [0.2, 0.25) is 0 Å². The van der Waals surface area contributed by atoms with Crippen LogP contribution in [-0.4, -0.2) is 30.8 Å². The van der Waals surface area contributed by atoms with Gasteiger partial charge in [0.2, 0.25) is 0 Å². The number of hydrogen-bond donors (Lipinski definition) is 1. The van der Waals surface area contributed by atoms with Crippen LogP contribution >= 0.6 is 0 Å². The molecule has 2 aromatic carbocycles. The molecule has 136 valence electrons. The van der Waals surface area contributed by atoms with E-state index >= 15 is 0 Å². The molecule has 0 aliphatic carbocycles. The predicted molar refractivity (Wildman–Crippen MR) is 102 cm³/mol. The summed E-state index contributed by atoms with van der Waals surface area (Å²) < 4.78 is 11.0. The molecule has 0 aliphatic rings. The van der Waals surface area contributed by atoms with Gasteiger partial charge in [-0.15, -0.1) is 0 Å². The summed E-state index contributed by atoms with van der Waals surface area (Å²) in [5.41, 5.74) is 2.28. The van der Waals surface area contributed by atoms with Gasteiger partial charge in [0.25, 0.3) is 5.91 Å². The summed E-state index contributed by atoms with van der Waals surface area (Å²) >= 11 is 0. The van der Waals surface area contributed by atoms with Crippen molar-refractivity contribution < 1.29 is 14.1 Å². The molecule has 0 saturated heterocycles. The van der Waals surface area contributed by atoms with Crippen molar-refractivity contribution in [3.63, 3.8) is 0 Å². The van der Waals surface area contributed by atoms with E-state index in [-0.39, 0.29) is 5.91 Å². The van der Waals surface area contributed by atoms with Gasteiger partial charge >= 0.3 is 0 Å². The van der Waals surface area contributed by atoms with E-state index in [1.165, 1.54) is 0 Å². The van der Waals surface area contributed by atoms with Crippen molar-refractivity contribution in [2.24, 2.45) is 5.92 Å². The van der Waals surface area contributed by atoms with Crippen LogP contribution in [0.25, 0.3) is 22.2 Å². The third-order valence-corrected chi connectivity index (χ3v) is 3.98. The second-order valence-electron chi connectivity index (χ2n) is 6.69. The minimum Gasteiger partial charge on any atom is -0.381 e. The highest BCUT2D eigenvalue weighted by atomic mass is 16.5. The third kappa shape index (κ3) is 4.49. The van der Waals surface area contributed by atoms with Crippen molar-refractivity contribution in [3.05, 3.63) is 54.1 Å². The van der Waals surface area contributed by atoms with Gasteiger partial charge in [-0.2, -0.15) is 0 Å². The van der Waals surface area contributed by atoms with Gasteiger partial charge in [-0.3, -0.25) is 4.79 Å². The third-order valence-electron chi connectivity index (χ3n) is 3.98. The van der Waals surface area contributed by atoms with Crippen molar-refractivity contribution in [3.8, 4) is 11.3 Å². The van der Waals surface area contributed by atoms with Gasteiger partial charge < -0.3 is 14.6 Å². The highest BCUT2D eigenvalue weighted by molar-refractivity contribution is 6.00. The Bertz CT molecular complexity index is 856. The Labute approximate surface area is 153 Å². The second kappa shape index (κ2) is 8.63. The van der Waals surface area contributed by atoms with Crippen molar-refractivity contribution in [1.82, 2.24) is 10.5 Å². The minimum absolute atomic E-state index is 0.101. The average Bonchev–Trinajstić information content (AvgIpc) is 3.08. The summed E-state index contributed by atoms with van der Waals surface area (Å²) in [5, 5.41) is 7.85. The van der Waals surface area contributed by atoms with Crippen LogP contribution in [0.4, 0.5) is 0 Å². The fourth-order valence-electron chi connectivity index (χ4n) is 2.68. The number of aromatic nitrogens is 1. The summed E-state index contributed by atoms with van der Waals surface area (Å²) in [6, 6.07) is 15.2. The summed E-state index contributed by atoms with van der Waals surface area (Å²) in [6.45, 7) is 6.23. The molecule has 0 spiro atoms. The van der Waals surface area contributed by atoms with Crippen molar-refractivity contribution in [1.29, 1.82) is 0 Å². The van der Waals surface area contributed by atoms with Gasteiger partial charge in [0.15, 0.2) is 5.76 Å². The van der Waals surface area contributed by atoms with E-state index in [2.05, 4.69) is 24.3 Å². The highest BCUT2D eigenvalue weighted by Crippen LogP contribution is 2.29. The van der Waals surface area contributed by atoms with Crippen molar-refractivity contribution in [2.45, 2.75) is 20.3 Å². The molecule has 0 aliphatic heterocycles. The molecule has 3 rings (SSSR count). The van der Waals surface area contributed by atoms with Crippen LogP contribution in [-0.2, 0) is 4.74 Å². The molecule has 0 bridgehead atoms. The molecular weight excluding hydrogens is 328 g/mol. The molecule has 3 aromatic rings. The molecule has 1 heterocycles. The van der Waals surface area contributed by atoms with Crippen LogP contribution in [0.1, 0.15) is 30.6 Å². The zero-order valence-corrected chi connectivity index (χ0v) is 15.2.